The second-order valence-corrected chi connectivity index (χ2v) is 10.8. The van der Waals surface area contributed by atoms with Gasteiger partial charge in [-0.3, -0.25) is 0 Å². The molecule has 0 aromatic carbocycles. The molecule has 0 N–H and O–H groups in total. The van der Waals surface area contributed by atoms with Gasteiger partial charge in [0.25, 0.3) is 7.52 Å². The molecule has 1 unspecified atom stereocenters. The average molecular weight is 393 g/mol. The fourth-order valence-electron chi connectivity index (χ4n) is 1.46. The van der Waals surface area contributed by atoms with Gasteiger partial charge in [0.05, 0.1) is 0 Å². The van der Waals surface area contributed by atoms with Crippen LogP contribution >= 0.6 is 31.0 Å². The van der Waals surface area contributed by atoms with Crippen molar-refractivity contribution >= 4 is 36.4 Å². The van der Waals surface area contributed by atoms with Crippen molar-refractivity contribution in [2.75, 3.05) is 0 Å². The number of halogens is 7. The molecule has 0 radical (unpaired) electrons. The van der Waals surface area contributed by atoms with Gasteiger partial charge >= 0.3 is 23.5 Å². The first-order valence-electron chi connectivity index (χ1n) is 4.89. The fraction of sp³-hybridized carbons (Fsp3) is 0.200. The molecule has 0 spiro atoms. The third-order valence-electron chi connectivity index (χ3n) is 2.09. The molecule has 1 aromatic heterocycles. The third-order valence-corrected chi connectivity index (χ3v) is 10.2. The Balaban J connectivity index is 2.88. The van der Waals surface area contributed by atoms with E-state index in [2.05, 4.69) is 9.03 Å². The van der Waals surface area contributed by atoms with Crippen molar-refractivity contribution < 1.29 is 29.4 Å². The van der Waals surface area contributed by atoms with Crippen LogP contribution in [0, 0.1) is 0 Å². The Bertz CT molecular complexity index is 790. The van der Waals surface area contributed by atoms with Gasteiger partial charge in [-0.25, -0.2) is 0 Å². The lowest BCUT2D eigenvalue weighted by Crippen LogP contribution is -2.10. The Labute approximate surface area is 114 Å². The number of aryl methyl sites for hydroxylation is 1. The molecule has 0 bridgehead atoms. The lowest BCUT2D eigenvalue weighted by Gasteiger charge is -2.16. The molecule has 1 aliphatic heterocycles. The molecule has 1 aliphatic rings. The molecule has 2 rings (SSSR count). The van der Waals surface area contributed by atoms with Crippen LogP contribution in [-0.4, -0.2) is 4.57 Å². The highest BCUT2D eigenvalue weighted by Gasteiger charge is 2.40. The van der Waals surface area contributed by atoms with Crippen LogP contribution in [0.2, 0.25) is 0 Å². The molecule has 0 saturated heterocycles. The summed E-state index contributed by atoms with van der Waals surface area (Å²) in [5.74, 6) is 0. The first kappa shape index (κ1) is 17.1. The van der Waals surface area contributed by atoms with Crippen LogP contribution in [0.5, 0.6) is 0 Å². The van der Waals surface area contributed by atoms with Gasteiger partial charge in [-0.1, -0.05) is 0 Å². The molecule has 1 aromatic rings. The van der Waals surface area contributed by atoms with Gasteiger partial charge < -0.3 is 4.57 Å². The monoisotopic (exact) mass is 393 g/mol. The lowest BCUT2D eigenvalue weighted by molar-refractivity contribution is 0.691. The summed E-state index contributed by atoms with van der Waals surface area (Å²) in [5, 5.41) is 0. The molecular formula is C5H6F7N5P4. The summed E-state index contributed by atoms with van der Waals surface area (Å²) in [5.41, 5.74) is -0.643. The van der Waals surface area contributed by atoms with E-state index >= 15 is 0 Å². The Morgan fingerprint density at radius 1 is 0.810 bits per heavy atom. The highest BCUT2D eigenvalue weighted by molar-refractivity contribution is 7.81. The second-order valence-electron chi connectivity index (χ2n) is 3.73. The largest absolute Gasteiger partial charge is 0.425 e. The zero-order chi connectivity index (χ0) is 16.1. The van der Waals surface area contributed by atoms with E-state index in [1.165, 1.54) is 19.3 Å². The van der Waals surface area contributed by atoms with Crippen molar-refractivity contribution in [1.82, 2.24) is 4.57 Å². The number of aromatic nitrogens is 1. The number of rotatable bonds is 1. The molecule has 5 nitrogen and oxygen atoms in total. The standard InChI is InChI=1S/C5H6F7N5P4/c1-17-4-2-3-5(17)18(6)13-19(7,8)15-21(11,12)16-20(9,10)14-18/h2-4H,1H3. The minimum absolute atomic E-state index is 0.643. The van der Waals surface area contributed by atoms with E-state index in [4.69, 9.17) is 0 Å². The van der Waals surface area contributed by atoms with E-state index in [-0.39, 0.29) is 0 Å². The van der Waals surface area contributed by atoms with E-state index in [1.54, 1.807) is 9.03 Å². The summed E-state index contributed by atoms with van der Waals surface area (Å²) in [6.45, 7) is 0. The Hall–Kier alpha value is -0.290. The number of nitrogens with zero attached hydrogens (tertiary/aromatic N) is 5. The Kier molecular flexibility index (Phi) is 4.16. The van der Waals surface area contributed by atoms with Crippen LogP contribution in [0.4, 0.5) is 29.4 Å². The van der Waals surface area contributed by atoms with Crippen molar-refractivity contribution in [3.8, 4) is 0 Å². The van der Waals surface area contributed by atoms with Crippen molar-refractivity contribution in [3.63, 3.8) is 0 Å². The van der Waals surface area contributed by atoms with Crippen LogP contribution in [0.3, 0.4) is 0 Å². The quantitative estimate of drug-likeness (QED) is 0.355. The van der Waals surface area contributed by atoms with Gasteiger partial charge in [0.15, 0.2) is 0 Å². The summed E-state index contributed by atoms with van der Waals surface area (Å²) < 4.78 is 103. The maximum absolute atomic E-state index is 14.6. The van der Waals surface area contributed by atoms with Gasteiger partial charge in [-0.2, -0.15) is 4.20 Å². The summed E-state index contributed by atoms with van der Waals surface area (Å²) in [7, 11) is -22.7. The Morgan fingerprint density at radius 3 is 1.76 bits per heavy atom. The first-order chi connectivity index (χ1) is 9.34. The van der Waals surface area contributed by atoms with E-state index < -0.39 is 36.4 Å². The average Bonchev–Trinajstić information content (AvgIpc) is 2.56. The second kappa shape index (κ2) is 5.12. The molecule has 0 saturated carbocycles. The molecule has 16 heteroatoms. The normalized spacial score (nSPS) is 29.9. The lowest BCUT2D eigenvalue weighted by atomic mass is 10.7. The van der Waals surface area contributed by atoms with Gasteiger partial charge in [-0.15, -0.1) is 43.2 Å². The van der Waals surface area contributed by atoms with Crippen LogP contribution in [-0.2, 0) is 7.05 Å². The smallest absolute Gasteiger partial charge is 0.346 e. The molecule has 0 aliphatic carbocycles. The topological polar surface area (TPSA) is 54.4 Å². The van der Waals surface area contributed by atoms with Gasteiger partial charge in [0.2, 0.25) is 0 Å². The molecule has 1 atom stereocenters. The summed E-state index contributed by atoms with van der Waals surface area (Å²) in [6.07, 6.45) is 1.20. The van der Waals surface area contributed by atoms with Gasteiger partial charge in [0, 0.05) is 13.2 Å². The fourth-order valence-corrected chi connectivity index (χ4v) is 9.15. The van der Waals surface area contributed by atoms with E-state index in [0.29, 0.717) is 0 Å². The molecule has 120 valence electrons. The Morgan fingerprint density at radius 2 is 1.29 bits per heavy atom. The van der Waals surface area contributed by atoms with Crippen LogP contribution < -0.4 is 5.44 Å². The van der Waals surface area contributed by atoms with Crippen LogP contribution in [0.25, 0.3) is 0 Å². The van der Waals surface area contributed by atoms with Gasteiger partial charge in [0.1, 0.15) is 5.44 Å². The molecule has 0 fully saturated rings. The first-order valence-corrected chi connectivity index (χ1v) is 10.9. The number of hydrogen-bond acceptors (Lipinski definition) is 4. The van der Waals surface area contributed by atoms with Crippen molar-refractivity contribution in [1.29, 1.82) is 0 Å². The van der Waals surface area contributed by atoms with Crippen molar-refractivity contribution in [2.45, 2.75) is 0 Å². The van der Waals surface area contributed by atoms with E-state index in [9.17, 15) is 29.4 Å². The zero-order valence-electron chi connectivity index (χ0n) is 9.90. The van der Waals surface area contributed by atoms with Crippen molar-refractivity contribution in [3.05, 3.63) is 18.3 Å². The van der Waals surface area contributed by atoms with Gasteiger partial charge in [-0.05, 0) is 12.1 Å². The van der Waals surface area contributed by atoms with E-state index in [1.807, 2.05) is 0 Å². The highest BCUT2D eigenvalue weighted by atomic mass is 31.3. The van der Waals surface area contributed by atoms with Crippen molar-refractivity contribution in [2.24, 2.45) is 25.1 Å². The SMILES string of the molecule is Cn1cccc1P1(F)=NP(F)(F)=NP(F)(F)=NP(F)(F)=N1. The highest BCUT2D eigenvalue weighted by Crippen LogP contribution is 2.81. The predicted octanol–water partition coefficient (Wildman–Crippen LogP) is 7.32. The molecule has 2 heterocycles. The maximum Gasteiger partial charge on any atom is 0.425 e. The number of hydrogen-bond donors (Lipinski definition) is 0. The minimum atomic E-state index is -6.29. The molecule has 21 heavy (non-hydrogen) atoms. The summed E-state index contributed by atoms with van der Waals surface area (Å²) >= 11 is 0. The van der Waals surface area contributed by atoms with Crippen LogP contribution in [0.15, 0.2) is 36.4 Å². The molecule has 0 amide bonds. The predicted molar refractivity (Wildman–Crippen MR) is 70.2 cm³/mol. The van der Waals surface area contributed by atoms with Crippen LogP contribution in [0.1, 0.15) is 0 Å². The summed E-state index contributed by atoms with van der Waals surface area (Å²) in [4.78, 5) is 0. The minimum Gasteiger partial charge on any atom is -0.346 e. The third kappa shape index (κ3) is 3.92. The molecular weight excluding hydrogens is 387 g/mol. The zero-order valence-corrected chi connectivity index (χ0v) is 13.5. The van der Waals surface area contributed by atoms with E-state index in [0.717, 1.165) is 10.6 Å². The maximum atomic E-state index is 14.6. The summed E-state index contributed by atoms with van der Waals surface area (Å²) in [6, 6.07) is 2.12.